The lowest BCUT2D eigenvalue weighted by atomic mass is 9.96. The summed E-state index contributed by atoms with van der Waals surface area (Å²) in [4.78, 5) is 0. The fourth-order valence-corrected chi connectivity index (χ4v) is 3.06. The molecule has 0 spiro atoms. The molecule has 0 bridgehead atoms. The molecule has 0 aromatic heterocycles. The molecule has 2 aromatic carbocycles. The summed E-state index contributed by atoms with van der Waals surface area (Å²) in [5.41, 5.74) is 3.45. The molecule has 21 heavy (non-hydrogen) atoms. The molecule has 0 amide bonds. The maximum Gasteiger partial charge on any atom is 0.132 e. The molecular weight excluding hydrogens is 336 g/mol. The molecule has 1 unspecified atom stereocenters. The summed E-state index contributed by atoms with van der Waals surface area (Å²) in [6, 6.07) is 8.37. The molecule has 0 aliphatic heterocycles. The van der Waals surface area contributed by atoms with Crippen LogP contribution in [0.15, 0.2) is 34.8 Å². The molecule has 1 atom stereocenters. The topological polar surface area (TPSA) is 12.0 Å². The number of benzene rings is 2. The van der Waals surface area contributed by atoms with Crippen molar-refractivity contribution in [3.05, 3.63) is 68.7 Å². The zero-order chi connectivity index (χ0) is 15.6. The average molecular weight is 354 g/mol. The van der Waals surface area contributed by atoms with Crippen molar-refractivity contribution in [2.45, 2.75) is 26.3 Å². The van der Waals surface area contributed by atoms with Gasteiger partial charge >= 0.3 is 0 Å². The highest BCUT2D eigenvalue weighted by molar-refractivity contribution is 9.10. The van der Waals surface area contributed by atoms with Gasteiger partial charge in [-0.05, 0) is 45.0 Å². The third-order valence-electron chi connectivity index (χ3n) is 3.46. The third kappa shape index (κ3) is 3.89. The Morgan fingerprint density at radius 3 is 2.00 bits per heavy atom. The Bertz CT molecular complexity index is 612. The Hall–Kier alpha value is -1.26. The van der Waals surface area contributed by atoms with E-state index in [-0.39, 0.29) is 5.56 Å². The van der Waals surface area contributed by atoms with Crippen LogP contribution in [0, 0.1) is 25.5 Å². The summed E-state index contributed by atoms with van der Waals surface area (Å²) in [5, 5.41) is 3.01. The van der Waals surface area contributed by atoms with E-state index in [1.54, 1.807) is 7.05 Å². The Balaban J connectivity index is 2.36. The molecule has 0 heterocycles. The minimum atomic E-state index is -0.536. The predicted molar refractivity (Wildman–Crippen MR) is 85.5 cm³/mol. The van der Waals surface area contributed by atoms with Crippen molar-refractivity contribution in [3.8, 4) is 0 Å². The summed E-state index contributed by atoms with van der Waals surface area (Å²) in [5.74, 6) is -1.07. The fourth-order valence-electron chi connectivity index (χ4n) is 2.66. The molecular formula is C17H18BrF2N. The van der Waals surface area contributed by atoms with E-state index in [1.165, 1.54) is 12.1 Å². The quantitative estimate of drug-likeness (QED) is 0.828. The van der Waals surface area contributed by atoms with Gasteiger partial charge in [-0.1, -0.05) is 45.3 Å². The molecule has 4 heteroatoms. The highest BCUT2D eigenvalue weighted by atomic mass is 79.9. The molecule has 2 aromatic rings. The number of hydrogen-bond acceptors (Lipinski definition) is 1. The lowest BCUT2D eigenvalue weighted by Crippen LogP contribution is -2.21. The molecule has 0 aliphatic carbocycles. The maximum absolute atomic E-state index is 14.1. The maximum atomic E-state index is 14.1. The van der Waals surface area contributed by atoms with Crippen molar-refractivity contribution in [1.82, 2.24) is 5.32 Å². The number of nitrogens with one attached hydrogen (secondary N) is 1. The molecule has 0 radical (unpaired) electrons. The second kappa shape index (κ2) is 6.67. The van der Waals surface area contributed by atoms with Crippen LogP contribution < -0.4 is 5.32 Å². The second-order valence-corrected chi connectivity index (χ2v) is 6.24. The van der Waals surface area contributed by atoms with Gasteiger partial charge in [-0.15, -0.1) is 0 Å². The number of likely N-dealkylation sites (N-methyl/N-ethyl adjacent to an activating group) is 1. The van der Waals surface area contributed by atoms with E-state index in [0.29, 0.717) is 10.9 Å². The predicted octanol–water partition coefficient (Wildman–Crippen LogP) is 4.85. The van der Waals surface area contributed by atoms with Crippen molar-refractivity contribution >= 4 is 15.9 Å². The summed E-state index contributed by atoms with van der Waals surface area (Å²) in [6.45, 7) is 4.04. The average Bonchev–Trinajstić information content (AvgIpc) is 2.35. The van der Waals surface area contributed by atoms with Gasteiger partial charge in [0.05, 0.1) is 0 Å². The highest BCUT2D eigenvalue weighted by Crippen LogP contribution is 2.27. The van der Waals surface area contributed by atoms with Crippen LogP contribution in [0.2, 0.25) is 0 Å². The van der Waals surface area contributed by atoms with Gasteiger partial charge in [0.25, 0.3) is 0 Å². The van der Waals surface area contributed by atoms with E-state index in [9.17, 15) is 8.78 Å². The van der Waals surface area contributed by atoms with Crippen molar-refractivity contribution in [2.75, 3.05) is 7.05 Å². The van der Waals surface area contributed by atoms with Crippen LogP contribution in [0.25, 0.3) is 0 Å². The number of hydrogen-bond donors (Lipinski definition) is 1. The van der Waals surface area contributed by atoms with Gasteiger partial charge in [-0.2, -0.15) is 0 Å². The first-order valence-electron chi connectivity index (χ1n) is 6.79. The molecule has 112 valence electrons. The van der Waals surface area contributed by atoms with E-state index >= 15 is 0 Å². The van der Waals surface area contributed by atoms with Gasteiger partial charge < -0.3 is 5.32 Å². The van der Waals surface area contributed by atoms with Crippen molar-refractivity contribution in [1.29, 1.82) is 0 Å². The van der Waals surface area contributed by atoms with E-state index in [4.69, 9.17) is 0 Å². The van der Waals surface area contributed by atoms with Crippen molar-refractivity contribution < 1.29 is 8.78 Å². The summed E-state index contributed by atoms with van der Waals surface area (Å²) in [6.07, 6.45) is 0.536. The Labute approximate surface area is 132 Å². The molecule has 1 N–H and O–H groups in total. The minimum absolute atomic E-state index is 0.0832. The van der Waals surface area contributed by atoms with Crippen molar-refractivity contribution in [2.24, 2.45) is 0 Å². The molecule has 0 saturated carbocycles. The van der Waals surface area contributed by atoms with Gasteiger partial charge in [-0.25, -0.2) is 8.78 Å². The monoisotopic (exact) mass is 353 g/mol. The van der Waals surface area contributed by atoms with Gasteiger partial charge in [0.2, 0.25) is 0 Å². The Morgan fingerprint density at radius 2 is 1.52 bits per heavy atom. The van der Waals surface area contributed by atoms with Crippen LogP contribution in [0.4, 0.5) is 8.78 Å². The number of rotatable bonds is 4. The first kappa shape index (κ1) is 16.1. The van der Waals surface area contributed by atoms with Gasteiger partial charge in [0, 0.05) is 16.1 Å². The van der Waals surface area contributed by atoms with Gasteiger partial charge in [0.15, 0.2) is 0 Å². The largest absolute Gasteiger partial charge is 0.313 e. The smallest absolute Gasteiger partial charge is 0.132 e. The molecule has 1 nitrogen and oxygen atoms in total. The van der Waals surface area contributed by atoms with Crippen LogP contribution in [-0.2, 0) is 6.42 Å². The zero-order valence-corrected chi connectivity index (χ0v) is 13.9. The van der Waals surface area contributed by atoms with E-state index in [1.807, 2.05) is 26.0 Å². The second-order valence-electron chi connectivity index (χ2n) is 5.32. The van der Waals surface area contributed by atoms with Crippen molar-refractivity contribution in [3.63, 3.8) is 0 Å². The molecule has 0 fully saturated rings. The van der Waals surface area contributed by atoms with Gasteiger partial charge in [0.1, 0.15) is 11.6 Å². The lowest BCUT2D eigenvalue weighted by Gasteiger charge is -2.19. The Kier molecular flexibility index (Phi) is 5.12. The van der Waals surface area contributed by atoms with Crippen LogP contribution in [0.1, 0.15) is 28.3 Å². The first-order valence-corrected chi connectivity index (χ1v) is 7.59. The fraction of sp³-hybridized carbons (Fsp3) is 0.294. The van der Waals surface area contributed by atoms with Crippen LogP contribution in [0.3, 0.4) is 0 Å². The normalized spacial score (nSPS) is 12.5. The summed E-state index contributed by atoms with van der Waals surface area (Å²) < 4.78 is 28.6. The zero-order valence-electron chi connectivity index (χ0n) is 12.3. The molecule has 0 saturated heterocycles. The van der Waals surface area contributed by atoms with Crippen LogP contribution >= 0.6 is 15.9 Å². The van der Waals surface area contributed by atoms with E-state index in [2.05, 4.69) is 27.3 Å². The summed E-state index contributed by atoms with van der Waals surface area (Å²) in [7, 11) is 1.72. The molecule has 2 rings (SSSR count). The lowest BCUT2D eigenvalue weighted by molar-refractivity contribution is 0.488. The third-order valence-corrected chi connectivity index (χ3v) is 3.92. The SMILES string of the molecule is CNC(Cc1cc(C)cc(C)c1)c1c(F)cc(Br)cc1F. The standard InChI is InChI=1S/C17H18BrF2N/c1-10-4-11(2)6-12(5-10)7-16(21-3)17-14(19)8-13(18)9-15(17)20/h4-6,8-9,16,21H,7H2,1-3H3. The van der Waals surface area contributed by atoms with E-state index in [0.717, 1.165) is 16.7 Å². The van der Waals surface area contributed by atoms with Gasteiger partial charge in [-0.3, -0.25) is 0 Å². The number of aryl methyl sites for hydroxylation is 2. The van der Waals surface area contributed by atoms with E-state index < -0.39 is 17.7 Å². The number of halogens is 3. The molecule has 0 aliphatic rings. The minimum Gasteiger partial charge on any atom is -0.313 e. The van der Waals surface area contributed by atoms with Crippen LogP contribution in [-0.4, -0.2) is 7.05 Å². The first-order chi connectivity index (χ1) is 9.90. The highest BCUT2D eigenvalue weighted by Gasteiger charge is 2.20. The Morgan fingerprint density at radius 1 is 1.00 bits per heavy atom. The summed E-state index contributed by atoms with van der Waals surface area (Å²) >= 11 is 3.10. The van der Waals surface area contributed by atoms with Crippen LogP contribution in [0.5, 0.6) is 0 Å².